The van der Waals surface area contributed by atoms with Crippen LogP contribution in [0.5, 0.6) is 0 Å². The molecule has 0 aliphatic heterocycles. The third-order valence-electron chi connectivity index (χ3n) is 12.3. The zero-order valence-electron chi connectivity index (χ0n) is 40.4. The van der Waals surface area contributed by atoms with Crippen LogP contribution >= 0.6 is 0 Å². The molecule has 0 fully saturated rings. The van der Waals surface area contributed by atoms with E-state index in [0.717, 1.165) is 69.6 Å². The summed E-state index contributed by atoms with van der Waals surface area (Å²) in [4.78, 5) is 37.9. The Kier molecular flexibility index (Phi) is 44.7. The molecule has 0 N–H and O–H groups in total. The van der Waals surface area contributed by atoms with E-state index < -0.39 is 6.10 Å². The third-order valence-corrected chi connectivity index (χ3v) is 12.3. The fraction of sp³-hybridized carbons (Fsp3) is 0.943. The van der Waals surface area contributed by atoms with Crippen LogP contribution in [0.3, 0.4) is 0 Å². The second-order valence-electron chi connectivity index (χ2n) is 18.9. The van der Waals surface area contributed by atoms with E-state index in [0.29, 0.717) is 19.3 Å². The van der Waals surface area contributed by atoms with Gasteiger partial charge in [-0.2, -0.15) is 0 Å². The molecule has 0 aromatic rings. The predicted octanol–water partition coefficient (Wildman–Crippen LogP) is 16.9. The molecule has 0 saturated carbocycles. The van der Waals surface area contributed by atoms with Gasteiger partial charge in [-0.15, -0.1) is 0 Å². The maximum Gasteiger partial charge on any atom is 0.306 e. The molecule has 6 nitrogen and oxygen atoms in total. The smallest absolute Gasteiger partial charge is 0.306 e. The summed E-state index contributed by atoms with van der Waals surface area (Å²) < 4.78 is 16.8. The van der Waals surface area contributed by atoms with Crippen molar-refractivity contribution in [2.75, 3.05) is 13.2 Å². The van der Waals surface area contributed by atoms with Gasteiger partial charge in [0.25, 0.3) is 0 Å². The van der Waals surface area contributed by atoms with Crippen molar-refractivity contribution in [1.82, 2.24) is 0 Å². The summed E-state index contributed by atoms with van der Waals surface area (Å²) in [7, 11) is 0. The van der Waals surface area contributed by atoms with Crippen molar-refractivity contribution in [3.63, 3.8) is 0 Å². The van der Waals surface area contributed by atoms with E-state index in [-0.39, 0.29) is 31.1 Å². The molecule has 0 heterocycles. The molecule has 0 aromatic heterocycles. The molecule has 0 saturated heterocycles. The highest BCUT2D eigenvalue weighted by Crippen LogP contribution is 2.18. The molecule has 0 amide bonds. The molecule has 59 heavy (non-hydrogen) atoms. The van der Waals surface area contributed by atoms with Crippen molar-refractivity contribution in [2.45, 2.75) is 298 Å². The molecule has 0 radical (unpaired) electrons. The van der Waals surface area contributed by atoms with Crippen LogP contribution in [-0.4, -0.2) is 37.2 Å². The molecule has 0 rings (SSSR count). The second-order valence-corrected chi connectivity index (χ2v) is 18.9. The maximum absolute atomic E-state index is 12.8. The summed E-state index contributed by atoms with van der Waals surface area (Å²) >= 11 is 0. The lowest BCUT2D eigenvalue weighted by molar-refractivity contribution is -0.167. The Morgan fingerprint density at radius 3 is 0.966 bits per heavy atom. The van der Waals surface area contributed by atoms with Crippen molar-refractivity contribution < 1.29 is 28.6 Å². The van der Waals surface area contributed by atoms with E-state index >= 15 is 0 Å². The van der Waals surface area contributed by atoms with E-state index in [2.05, 4.69) is 34.6 Å². The highest BCUT2D eigenvalue weighted by atomic mass is 16.6. The van der Waals surface area contributed by atoms with Crippen molar-refractivity contribution >= 4 is 17.9 Å². The lowest BCUT2D eigenvalue weighted by Crippen LogP contribution is -2.30. The number of esters is 3. The van der Waals surface area contributed by atoms with Gasteiger partial charge in [0.1, 0.15) is 13.2 Å². The Hall–Kier alpha value is -1.59. The highest BCUT2D eigenvalue weighted by molar-refractivity contribution is 5.71. The second kappa shape index (κ2) is 45.9. The first kappa shape index (κ1) is 57.4. The van der Waals surface area contributed by atoms with Gasteiger partial charge in [0.15, 0.2) is 6.10 Å². The molecule has 0 aliphatic carbocycles. The normalized spacial score (nSPS) is 12.5. The number of hydrogen-bond acceptors (Lipinski definition) is 6. The zero-order chi connectivity index (χ0) is 43.3. The lowest BCUT2D eigenvalue weighted by atomic mass is 10.00. The monoisotopic (exact) mass is 835 g/mol. The first-order valence-electron chi connectivity index (χ1n) is 26.3. The molecular formula is C53H102O6. The first-order valence-corrected chi connectivity index (χ1v) is 26.3. The lowest BCUT2D eigenvalue weighted by Gasteiger charge is -2.18. The number of hydrogen-bond donors (Lipinski definition) is 0. The standard InChI is InChI=1S/C53H102O6/c1-6-8-9-10-11-12-13-14-15-16-17-22-25-28-35-40-45-53(56)59-50(47-58-52(55)44-39-34-30-29-32-37-42-49(5)7-2)46-57-51(54)43-38-33-27-24-21-19-18-20-23-26-31-36-41-48(3)4/h48-50H,6-47H2,1-5H3/t49?,50-/m0/s1. The molecule has 0 spiro atoms. The summed E-state index contributed by atoms with van der Waals surface area (Å²) in [6.07, 6.45) is 46.6. The molecule has 0 aliphatic rings. The van der Waals surface area contributed by atoms with Crippen LogP contribution in [-0.2, 0) is 28.6 Å². The van der Waals surface area contributed by atoms with Crippen LogP contribution in [0.1, 0.15) is 291 Å². The van der Waals surface area contributed by atoms with Gasteiger partial charge in [0, 0.05) is 19.3 Å². The Morgan fingerprint density at radius 2 is 0.644 bits per heavy atom. The van der Waals surface area contributed by atoms with Gasteiger partial charge in [-0.1, -0.05) is 253 Å². The summed E-state index contributed by atoms with van der Waals surface area (Å²) in [5.41, 5.74) is 0. The van der Waals surface area contributed by atoms with Crippen LogP contribution in [0.25, 0.3) is 0 Å². The number of ether oxygens (including phenoxy) is 3. The Morgan fingerprint density at radius 1 is 0.356 bits per heavy atom. The van der Waals surface area contributed by atoms with Gasteiger partial charge < -0.3 is 14.2 Å². The summed E-state index contributed by atoms with van der Waals surface area (Å²) in [6, 6.07) is 0. The summed E-state index contributed by atoms with van der Waals surface area (Å²) in [5.74, 6) is 0.798. The SMILES string of the molecule is CCCCCCCCCCCCCCCCCCC(=O)O[C@@H](COC(=O)CCCCCCCCCCCCCCC(C)C)COC(=O)CCCCCCCCC(C)CC. The number of carbonyl (C=O) groups excluding carboxylic acids is 3. The Labute approximate surface area is 368 Å². The van der Waals surface area contributed by atoms with E-state index in [1.165, 1.54) is 180 Å². The van der Waals surface area contributed by atoms with Crippen molar-refractivity contribution in [3.8, 4) is 0 Å². The maximum atomic E-state index is 12.8. The van der Waals surface area contributed by atoms with Crippen LogP contribution in [0.4, 0.5) is 0 Å². The van der Waals surface area contributed by atoms with E-state index in [9.17, 15) is 14.4 Å². The Balaban J connectivity index is 4.29. The average Bonchev–Trinajstić information content (AvgIpc) is 3.22. The molecule has 0 aromatic carbocycles. The first-order chi connectivity index (χ1) is 28.8. The van der Waals surface area contributed by atoms with Gasteiger partial charge in [-0.25, -0.2) is 0 Å². The largest absolute Gasteiger partial charge is 0.462 e. The fourth-order valence-electron chi connectivity index (χ4n) is 7.96. The van der Waals surface area contributed by atoms with Gasteiger partial charge in [-0.3, -0.25) is 14.4 Å². The number of unbranched alkanes of at least 4 members (excludes halogenated alkanes) is 31. The molecule has 6 heteroatoms. The third kappa shape index (κ3) is 45.8. The van der Waals surface area contributed by atoms with Gasteiger partial charge in [0.2, 0.25) is 0 Å². The predicted molar refractivity (Wildman–Crippen MR) is 252 cm³/mol. The van der Waals surface area contributed by atoms with Crippen LogP contribution in [0.15, 0.2) is 0 Å². The van der Waals surface area contributed by atoms with Crippen molar-refractivity contribution in [1.29, 1.82) is 0 Å². The van der Waals surface area contributed by atoms with Crippen LogP contribution < -0.4 is 0 Å². The topological polar surface area (TPSA) is 78.9 Å². The minimum Gasteiger partial charge on any atom is -0.462 e. The minimum absolute atomic E-state index is 0.0643. The zero-order valence-corrected chi connectivity index (χ0v) is 40.4. The minimum atomic E-state index is -0.762. The Bertz CT molecular complexity index is 902. The van der Waals surface area contributed by atoms with E-state index in [4.69, 9.17) is 14.2 Å². The summed E-state index contributed by atoms with van der Waals surface area (Å²) in [6.45, 7) is 11.4. The van der Waals surface area contributed by atoms with Crippen molar-refractivity contribution in [3.05, 3.63) is 0 Å². The van der Waals surface area contributed by atoms with E-state index in [1.807, 2.05) is 0 Å². The van der Waals surface area contributed by atoms with Gasteiger partial charge in [-0.05, 0) is 31.1 Å². The highest BCUT2D eigenvalue weighted by Gasteiger charge is 2.19. The quantitative estimate of drug-likeness (QED) is 0.0345. The van der Waals surface area contributed by atoms with Crippen LogP contribution in [0, 0.1) is 11.8 Å². The number of carbonyl (C=O) groups is 3. The fourth-order valence-corrected chi connectivity index (χ4v) is 7.96. The number of rotatable bonds is 47. The molecule has 1 unspecified atom stereocenters. The van der Waals surface area contributed by atoms with Gasteiger partial charge >= 0.3 is 17.9 Å². The average molecular weight is 835 g/mol. The molecule has 350 valence electrons. The molecule has 0 bridgehead atoms. The molecule has 2 atom stereocenters. The molecular weight excluding hydrogens is 733 g/mol. The summed E-state index contributed by atoms with van der Waals surface area (Å²) in [5, 5.41) is 0. The van der Waals surface area contributed by atoms with Crippen LogP contribution in [0.2, 0.25) is 0 Å². The van der Waals surface area contributed by atoms with Crippen molar-refractivity contribution in [2.24, 2.45) is 11.8 Å². The van der Waals surface area contributed by atoms with Gasteiger partial charge in [0.05, 0.1) is 0 Å². The van der Waals surface area contributed by atoms with E-state index in [1.54, 1.807) is 0 Å².